The number of aromatic nitrogens is 1. The maximum Gasteiger partial charge on any atom is 0.431 e. The zero-order valence-corrected chi connectivity index (χ0v) is 10.8. The van der Waals surface area contributed by atoms with E-state index in [4.69, 9.17) is 0 Å². The molecule has 1 unspecified atom stereocenters. The molecule has 5 nitrogen and oxygen atoms in total. The minimum absolute atomic E-state index is 0.0517. The summed E-state index contributed by atoms with van der Waals surface area (Å²) in [6.07, 6.45) is -3.89. The predicted octanol–water partition coefficient (Wildman–Crippen LogP) is 0.828. The Morgan fingerprint density at radius 2 is 2.10 bits per heavy atom. The Morgan fingerprint density at radius 1 is 1.40 bits per heavy atom. The van der Waals surface area contributed by atoms with Crippen molar-refractivity contribution in [2.24, 2.45) is 0 Å². The van der Waals surface area contributed by atoms with Gasteiger partial charge in [-0.05, 0) is 25.1 Å². The summed E-state index contributed by atoms with van der Waals surface area (Å²) in [7, 11) is 1.54. The van der Waals surface area contributed by atoms with Crippen molar-refractivity contribution in [3.05, 3.63) is 33.7 Å². The van der Waals surface area contributed by atoms with Gasteiger partial charge in [-0.15, -0.1) is 0 Å². The molecule has 0 aliphatic carbocycles. The van der Waals surface area contributed by atoms with Gasteiger partial charge in [0.25, 0.3) is 11.5 Å². The molecule has 0 aromatic carbocycles. The second-order valence-electron chi connectivity index (χ2n) is 4.68. The Labute approximate surface area is 112 Å². The SMILES string of the molecule is CN(C(=O)c1ccc(C(F)(F)F)[nH]c1=O)C1CCNC1. The van der Waals surface area contributed by atoms with Gasteiger partial charge < -0.3 is 15.2 Å². The van der Waals surface area contributed by atoms with Gasteiger partial charge in [0.2, 0.25) is 0 Å². The molecule has 0 spiro atoms. The molecule has 8 heteroatoms. The van der Waals surface area contributed by atoms with Crippen molar-refractivity contribution in [1.82, 2.24) is 15.2 Å². The third-order valence-electron chi connectivity index (χ3n) is 3.35. The molecule has 0 radical (unpaired) electrons. The number of H-pyrrole nitrogens is 1. The molecule has 1 aromatic rings. The van der Waals surface area contributed by atoms with E-state index in [1.807, 2.05) is 0 Å². The number of halogens is 3. The maximum absolute atomic E-state index is 12.4. The van der Waals surface area contributed by atoms with Crippen LogP contribution >= 0.6 is 0 Å². The summed E-state index contributed by atoms with van der Waals surface area (Å²) in [5.74, 6) is -0.575. The highest BCUT2D eigenvalue weighted by atomic mass is 19.4. The van der Waals surface area contributed by atoms with Gasteiger partial charge in [-0.1, -0.05) is 0 Å². The highest BCUT2D eigenvalue weighted by Crippen LogP contribution is 2.26. The van der Waals surface area contributed by atoms with Gasteiger partial charge in [0.1, 0.15) is 11.3 Å². The molecule has 2 N–H and O–H groups in total. The fraction of sp³-hybridized carbons (Fsp3) is 0.500. The molecule has 1 fully saturated rings. The van der Waals surface area contributed by atoms with Crippen LogP contribution in [0.2, 0.25) is 0 Å². The molecule has 1 aliphatic heterocycles. The van der Waals surface area contributed by atoms with Crippen LogP contribution in [-0.2, 0) is 6.18 Å². The fourth-order valence-corrected chi connectivity index (χ4v) is 2.13. The summed E-state index contributed by atoms with van der Waals surface area (Å²) in [4.78, 5) is 26.8. The number of rotatable bonds is 2. The lowest BCUT2D eigenvalue weighted by Crippen LogP contribution is -2.40. The van der Waals surface area contributed by atoms with E-state index in [-0.39, 0.29) is 11.6 Å². The molecule has 2 rings (SSSR count). The summed E-state index contributed by atoms with van der Waals surface area (Å²) in [6.45, 7) is 1.38. The van der Waals surface area contributed by atoms with Crippen LogP contribution in [-0.4, -0.2) is 42.0 Å². The number of nitrogens with one attached hydrogen (secondary N) is 2. The van der Waals surface area contributed by atoms with Gasteiger partial charge in [-0.25, -0.2) is 0 Å². The van der Waals surface area contributed by atoms with Gasteiger partial charge in [0.15, 0.2) is 0 Å². The Hall–Kier alpha value is -1.83. The molecule has 1 aromatic heterocycles. The number of carbonyl (C=O) groups excluding carboxylic acids is 1. The van der Waals surface area contributed by atoms with E-state index in [0.29, 0.717) is 12.6 Å². The van der Waals surface area contributed by atoms with E-state index in [9.17, 15) is 22.8 Å². The molecule has 0 bridgehead atoms. The van der Waals surface area contributed by atoms with Crippen molar-refractivity contribution in [2.45, 2.75) is 18.6 Å². The van der Waals surface area contributed by atoms with Gasteiger partial charge in [0, 0.05) is 19.6 Å². The first-order valence-electron chi connectivity index (χ1n) is 6.09. The van der Waals surface area contributed by atoms with E-state index >= 15 is 0 Å². The summed E-state index contributed by atoms with van der Waals surface area (Å²) in [6, 6.07) is 1.57. The van der Waals surface area contributed by atoms with Gasteiger partial charge in [-0.3, -0.25) is 9.59 Å². The number of likely N-dealkylation sites (N-methyl/N-ethyl adjacent to an activating group) is 1. The number of hydrogen-bond donors (Lipinski definition) is 2. The summed E-state index contributed by atoms with van der Waals surface area (Å²) in [5, 5.41) is 3.07. The number of pyridine rings is 1. The van der Waals surface area contributed by atoms with E-state index in [0.717, 1.165) is 19.0 Å². The van der Waals surface area contributed by atoms with Crippen molar-refractivity contribution >= 4 is 5.91 Å². The van der Waals surface area contributed by atoms with E-state index in [1.165, 1.54) is 11.9 Å². The van der Waals surface area contributed by atoms with Crippen LogP contribution in [0.4, 0.5) is 13.2 Å². The van der Waals surface area contributed by atoms with Crippen molar-refractivity contribution in [3.8, 4) is 0 Å². The number of amides is 1. The minimum Gasteiger partial charge on any atom is -0.337 e. The third kappa shape index (κ3) is 2.84. The zero-order valence-electron chi connectivity index (χ0n) is 10.8. The normalized spacial score (nSPS) is 19.1. The van der Waals surface area contributed by atoms with Crippen LogP contribution < -0.4 is 10.9 Å². The number of aromatic amines is 1. The smallest absolute Gasteiger partial charge is 0.337 e. The number of carbonyl (C=O) groups is 1. The molecule has 110 valence electrons. The van der Waals surface area contributed by atoms with Crippen molar-refractivity contribution in [3.63, 3.8) is 0 Å². The number of nitrogens with zero attached hydrogens (tertiary/aromatic N) is 1. The van der Waals surface area contributed by atoms with Gasteiger partial charge >= 0.3 is 6.18 Å². The van der Waals surface area contributed by atoms with Crippen LogP contribution in [0.5, 0.6) is 0 Å². The molecule has 1 saturated heterocycles. The van der Waals surface area contributed by atoms with E-state index in [2.05, 4.69) is 5.32 Å². The van der Waals surface area contributed by atoms with Crippen molar-refractivity contribution in [1.29, 1.82) is 0 Å². The summed E-state index contributed by atoms with van der Waals surface area (Å²) >= 11 is 0. The Balaban J connectivity index is 2.24. The molecule has 20 heavy (non-hydrogen) atoms. The lowest BCUT2D eigenvalue weighted by atomic mass is 10.1. The van der Waals surface area contributed by atoms with Crippen LogP contribution in [0.3, 0.4) is 0 Å². The first kappa shape index (κ1) is 14.6. The van der Waals surface area contributed by atoms with Crippen LogP contribution in [0.25, 0.3) is 0 Å². The van der Waals surface area contributed by atoms with Crippen LogP contribution in [0.1, 0.15) is 22.5 Å². The van der Waals surface area contributed by atoms with Gasteiger partial charge in [-0.2, -0.15) is 13.2 Å². The summed E-state index contributed by atoms with van der Waals surface area (Å²) in [5.41, 5.74) is -2.47. The molecular weight excluding hydrogens is 275 g/mol. The second kappa shape index (κ2) is 5.28. The summed E-state index contributed by atoms with van der Waals surface area (Å²) < 4.78 is 37.3. The van der Waals surface area contributed by atoms with E-state index < -0.39 is 23.3 Å². The third-order valence-corrected chi connectivity index (χ3v) is 3.35. The van der Waals surface area contributed by atoms with Crippen LogP contribution in [0, 0.1) is 0 Å². The molecular formula is C12H14F3N3O2. The molecule has 2 heterocycles. The minimum atomic E-state index is -4.64. The molecule has 1 atom stereocenters. The lowest BCUT2D eigenvalue weighted by Gasteiger charge is -2.23. The first-order valence-corrected chi connectivity index (χ1v) is 6.09. The highest BCUT2D eigenvalue weighted by molar-refractivity contribution is 5.93. The lowest BCUT2D eigenvalue weighted by molar-refractivity contribution is -0.141. The first-order chi connectivity index (χ1) is 9.30. The van der Waals surface area contributed by atoms with Crippen molar-refractivity contribution < 1.29 is 18.0 Å². The predicted molar refractivity (Wildman–Crippen MR) is 65.4 cm³/mol. The van der Waals surface area contributed by atoms with E-state index in [1.54, 1.807) is 4.98 Å². The largest absolute Gasteiger partial charge is 0.431 e. The molecule has 1 aliphatic rings. The van der Waals surface area contributed by atoms with Crippen LogP contribution in [0.15, 0.2) is 16.9 Å². The average molecular weight is 289 g/mol. The standard InChI is InChI=1S/C12H14F3N3O2/c1-18(7-4-5-16-6-7)11(20)8-2-3-9(12(13,14)15)17-10(8)19/h2-3,7,16H,4-6H2,1H3,(H,17,19). The average Bonchev–Trinajstić information content (AvgIpc) is 2.89. The molecule has 0 saturated carbocycles. The monoisotopic (exact) mass is 289 g/mol. The van der Waals surface area contributed by atoms with Gasteiger partial charge in [0.05, 0.1) is 0 Å². The Bertz CT molecular complexity index is 562. The number of hydrogen-bond acceptors (Lipinski definition) is 3. The van der Waals surface area contributed by atoms with Crippen molar-refractivity contribution in [2.75, 3.05) is 20.1 Å². The fourth-order valence-electron chi connectivity index (χ4n) is 2.13. The molecule has 1 amide bonds. The number of alkyl halides is 3. The second-order valence-corrected chi connectivity index (χ2v) is 4.68. The Kier molecular flexibility index (Phi) is 3.85. The maximum atomic E-state index is 12.4. The zero-order chi connectivity index (χ0) is 14.9. The topological polar surface area (TPSA) is 65.2 Å². The quantitative estimate of drug-likeness (QED) is 0.847. The highest BCUT2D eigenvalue weighted by Gasteiger charge is 2.33. The Morgan fingerprint density at radius 3 is 2.60 bits per heavy atom.